The zero-order valence-corrected chi connectivity index (χ0v) is 20.2. The predicted molar refractivity (Wildman–Crippen MR) is 132 cm³/mol. The number of halogens is 1. The molecule has 0 bridgehead atoms. The highest BCUT2D eigenvalue weighted by atomic mass is 79.9. The second kappa shape index (κ2) is 9.28. The van der Waals surface area contributed by atoms with Gasteiger partial charge in [0, 0.05) is 24.0 Å². The molecule has 1 aromatic carbocycles. The van der Waals surface area contributed by atoms with Gasteiger partial charge >= 0.3 is 0 Å². The van der Waals surface area contributed by atoms with Crippen molar-refractivity contribution < 1.29 is 4.63 Å². The van der Waals surface area contributed by atoms with E-state index >= 15 is 0 Å². The van der Waals surface area contributed by atoms with Crippen LogP contribution in [0.5, 0.6) is 0 Å². The van der Waals surface area contributed by atoms with E-state index in [1.165, 1.54) is 0 Å². The summed E-state index contributed by atoms with van der Waals surface area (Å²) in [4.78, 5) is 9.77. The van der Waals surface area contributed by atoms with E-state index < -0.39 is 0 Å². The second-order valence-electron chi connectivity index (χ2n) is 8.95. The first-order chi connectivity index (χ1) is 15.4. The number of rotatable bonds is 8. The molecule has 0 saturated heterocycles. The van der Waals surface area contributed by atoms with Crippen LogP contribution < -0.4 is 11.1 Å². The molecule has 0 aliphatic heterocycles. The van der Waals surface area contributed by atoms with Crippen molar-refractivity contribution in [3.05, 3.63) is 36.5 Å². The lowest BCUT2D eigenvalue weighted by molar-refractivity contribution is 0.309. The van der Waals surface area contributed by atoms with Crippen molar-refractivity contribution in [2.75, 3.05) is 22.9 Å². The Labute approximate surface area is 195 Å². The molecule has 9 heteroatoms. The minimum Gasteiger partial charge on any atom is -0.382 e. The third-order valence-corrected chi connectivity index (χ3v) is 5.81. The van der Waals surface area contributed by atoms with E-state index in [9.17, 15) is 0 Å². The minimum atomic E-state index is 0.139. The maximum Gasteiger partial charge on any atom is 0.199 e. The predicted octanol–water partition coefficient (Wildman–Crippen LogP) is 5.36. The number of benzene rings is 1. The van der Waals surface area contributed by atoms with Crippen LogP contribution in [0.2, 0.25) is 0 Å². The highest BCUT2D eigenvalue weighted by Crippen LogP contribution is 2.36. The first kappa shape index (κ1) is 22.3. The van der Waals surface area contributed by atoms with E-state index in [-0.39, 0.29) is 11.2 Å². The molecule has 0 amide bonds. The van der Waals surface area contributed by atoms with Crippen LogP contribution in [0.3, 0.4) is 0 Å². The fraction of sp³-hybridized carbons (Fsp3) is 0.391. The average Bonchev–Trinajstić information content (AvgIpc) is 3.36. The van der Waals surface area contributed by atoms with E-state index in [0.717, 1.165) is 59.2 Å². The normalized spacial score (nSPS) is 11.9. The molecule has 3 heterocycles. The highest BCUT2D eigenvalue weighted by molar-refractivity contribution is 9.09. The first-order valence-corrected chi connectivity index (χ1v) is 11.8. The van der Waals surface area contributed by atoms with Gasteiger partial charge in [-0.05, 0) is 28.6 Å². The molecule has 0 aliphatic carbocycles. The number of fused-ring (bicyclic) bond motifs is 1. The number of aromatic nitrogens is 5. The number of nitrogens with two attached hydrogens (primary N) is 1. The molecule has 0 unspecified atom stereocenters. The number of nitrogens with zero attached hydrogens (tertiary/aromatic N) is 5. The zero-order valence-electron chi connectivity index (χ0n) is 18.6. The van der Waals surface area contributed by atoms with Crippen LogP contribution in [-0.2, 0) is 6.54 Å². The number of aryl methyl sites for hydroxylation is 1. The van der Waals surface area contributed by atoms with Gasteiger partial charge in [-0.15, -0.1) is 0 Å². The second-order valence-corrected chi connectivity index (χ2v) is 9.74. The van der Waals surface area contributed by atoms with Gasteiger partial charge in [0.1, 0.15) is 5.52 Å². The topological polar surface area (TPSA) is 108 Å². The quantitative estimate of drug-likeness (QED) is 0.249. The van der Waals surface area contributed by atoms with Crippen molar-refractivity contribution in [2.24, 2.45) is 5.41 Å². The van der Waals surface area contributed by atoms with Gasteiger partial charge in [-0.25, -0.2) is 9.61 Å². The number of anilines is 2. The van der Waals surface area contributed by atoms with E-state index in [4.69, 9.17) is 20.3 Å². The van der Waals surface area contributed by atoms with Crippen molar-refractivity contribution in [3.63, 3.8) is 0 Å². The minimum absolute atomic E-state index is 0.139. The van der Waals surface area contributed by atoms with Gasteiger partial charge < -0.3 is 15.6 Å². The fourth-order valence-corrected chi connectivity index (χ4v) is 3.85. The number of nitrogen functional groups attached to an aromatic ring is 1. The van der Waals surface area contributed by atoms with Crippen LogP contribution in [0.25, 0.3) is 33.8 Å². The Morgan fingerprint density at radius 1 is 1.12 bits per heavy atom. The summed E-state index contributed by atoms with van der Waals surface area (Å²) in [5.41, 5.74) is 11.2. The van der Waals surface area contributed by atoms with Gasteiger partial charge in [-0.3, -0.25) is 4.98 Å². The molecule has 0 radical (unpaired) electrons. The molecular weight excluding hydrogens is 470 g/mol. The molecule has 4 rings (SSSR count). The Morgan fingerprint density at radius 2 is 1.91 bits per heavy atom. The Balaban J connectivity index is 1.96. The fourth-order valence-electron chi connectivity index (χ4n) is 3.57. The monoisotopic (exact) mass is 497 g/mol. The van der Waals surface area contributed by atoms with Crippen LogP contribution in [-0.4, -0.2) is 36.7 Å². The Hall–Kier alpha value is -2.94. The highest BCUT2D eigenvalue weighted by Gasteiger charge is 2.25. The summed E-state index contributed by atoms with van der Waals surface area (Å²) in [5, 5.41) is 12.3. The number of imidazole rings is 1. The molecule has 168 valence electrons. The molecule has 8 nitrogen and oxygen atoms in total. The van der Waals surface area contributed by atoms with Crippen LogP contribution in [0.4, 0.5) is 11.5 Å². The summed E-state index contributed by atoms with van der Waals surface area (Å²) in [6.45, 7) is 8.24. The number of hydrogen-bond acceptors (Lipinski definition) is 7. The van der Waals surface area contributed by atoms with Crippen molar-refractivity contribution in [2.45, 2.75) is 40.2 Å². The molecule has 3 aromatic heterocycles. The summed E-state index contributed by atoms with van der Waals surface area (Å²) < 4.78 is 7.07. The van der Waals surface area contributed by atoms with Crippen molar-refractivity contribution in [3.8, 4) is 22.8 Å². The van der Waals surface area contributed by atoms with E-state index in [2.05, 4.69) is 56.9 Å². The van der Waals surface area contributed by atoms with Crippen LogP contribution in [0, 0.1) is 5.41 Å². The SMILES string of the molecule is CC(C)(C)CCn1c(-c2nonc2N)nc2c(-c3ccccc3)ncc(NCCCBr)c21. The van der Waals surface area contributed by atoms with E-state index in [1.54, 1.807) is 0 Å². The number of alkyl halides is 1. The van der Waals surface area contributed by atoms with E-state index in [1.807, 2.05) is 36.5 Å². The summed E-state index contributed by atoms with van der Waals surface area (Å²) in [7, 11) is 0. The van der Waals surface area contributed by atoms with Crippen LogP contribution in [0.15, 0.2) is 41.2 Å². The first-order valence-electron chi connectivity index (χ1n) is 10.7. The van der Waals surface area contributed by atoms with Crippen molar-refractivity contribution in [1.82, 2.24) is 24.8 Å². The summed E-state index contributed by atoms with van der Waals surface area (Å²) in [6, 6.07) is 10.1. The molecule has 4 aromatic rings. The van der Waals surface area contributed by atoms with Gasteiger partial charge in [0.05, 0.1) is 23.1 Å². The summed E-state index contributed by atoms with van der Waals surface area (Å²) in [6.07, 6.45) is 3.83. The van der Waals surface area contributed by atoms with Gasteiger partial charge in [0.15, 0.2) is 17.3 Å². The summed E-state index contributed by atoms with van der Waals surface area (Å²) >= 11 is 3.50. The molecule has 0 atom stereocenters. The lowest BCUT2D eigenvalue weighted by Crippen LogP contribution is -2.13. The van der Waals surface area contributed by atoms with Gasteiger partial charge in [-0.1, -0.05) is 67.0 Å². The average molecular weight is 498 g/mol. The number of hydrogen-bond donors (Lipinski definition) is 2. The standard InChI is InChI=1S/C23H28BrN7O/c1-23(2,3)10-13-31-20-16(26-12-7-11-24)14-27-17(15-8-5-4-6-9-15)18(20)28-22(31)19-21(25)30-32-29-19/h4-6,8-9,14,26H,7,10-13H2,1-3H3,(H2,25,30). The Kier molecular flexibility index (Phi) is 6.45. The molecule has 0 spiro atoms. The van der Waals surface area contributed by atoms with Gasteiger partial charge in [0.25, 0.3) is 0 Å². The van der Waals surface area contributed by atoms with Crippen molar-refractivity contribution in [1.29, 1.82) is 0 Å². The van der Waals surface area contributed by atoms with Gasteiger partial charge in [0.2, 0.25) is 0 Å². The van der Waals surface area contributed by atoms with Gasteiger partial charge in [-0.2, -0.15) is 0 Å². The summed E-state index contributed by atoms with van der Waals surface area (Å²) in [5.74, 6) is 0.858. The number of pyridine rings is 1. The van der Waals surface area contributed by atoms with Crippen molar-refractivity contribution >= 4 is 38.5 Å². The number of nitrogens with one attached hydrogen (secondary N) is 1. The third kappa shape index (κ3) is 4.62. The van der Waals surface area contributed by atoms with E-state index in [0.29, 0.717) is 11.5 Å². The molecule has 0 fully saturated rings. The maximum atomic E-state index is 6.07. The molecule has 0 aliphatic rings. The molecular formula is C23H28BrN7O. The Bertz CT molecular complexity index is 1190. The molecule has 32 heavy (non-hydrogen) atoms. The van der Waals surface area contributed by atoms with Crippen LogP contribution >= 0.6 is 15.9 Å². The Morgan fingerprint density at radius 3 is 2.56 bits per heavy atom. The lowest BCUT2D eigenvalue weighted by Gasteiger charge is -2.20. The van der Waals surface area contributed by atoms with Crippen LogP contribution in [0.1, 0.15) is 33.6 Å². The lowest BCUT2D eigenvalue weighted by atomic mass is 9.92. The smallest absolute Gasteiger partial charge is 0.199 e. The zero-order chi connectivity index (χ0) is 22.7. The molecule has 0 saturated carbocycles. The molecule has 3 N–H and O–H groups in total. The maximum absolute atomic E-state index is 6.07. The third-order valence-electron chi connectivity index (χ3n) is 5.25. The largest absolute Gasteiger partial charge is 0.382 e.